The smallest absolute Gasteiger partial charge is 0.232 e. The van der Waals surface area contributed by atoms with E-state index in [9.17, 15) is 4.79 Å². The van der Waals surface area contributed by atoms with E-state index in [4.69, 9.17) is 0 Å². The first-order chi connectivity index (χ1) is 9.83. The number of carbonyl (C=O) groups is 1. The first kappa shape index (κ1) is 12.2. The van der Waals surface area contributed by atoms with Crippen LogP contribution in [-0.2, 0) is 4.79 Å². The van der Waals surface area contributed by atoms with Crippen LogP contribution >= 0.6 is 0 Å². The number of carbonyl (C=O) groups excluding carboxylic acids is 1. The number of rotatable bonds is 3. The molecule has 0 spiro atoms. The fourth-order valence-corrected chi connectivity index (χ4v) is 3.14. The predicted molar refractivity (Wildman–Crippen MR) is 80.1 cm³/mol. The van der Waals surface area contributed by atoms with Crippen LogP contribution in [0, 0.1) is 11.8 Å². The summed E-state index contributed by atoms with van der Waals surface area (Å²) in [4.78, 5) is 17.0. The normalized spacial score (nSPS) is 22.4. The molecule has 1 amide bonds. The van der Waals surface area contributed by atoms with Crippen LogP contribution in [0.15, 0.2) is 24.3 Å². The maximum Gasteiger partial charge on any atom is 0.232 e. The third-order valence-corrected chi connectivity index (χ3v) is 4.68. The van der Waals surface area contributed by atoms with Crippen molar-refractivity contribution >= 4 is 17.3 Å². The molecule has 4 rings (SSSR count). The first-order valence-electron chi connectivity index (χ1n) is 7.69. The highest BCUT2D eigenvalue weighted by Gasteiger charge is 2.35. The molecule has 1 saturated carbocycles. The van der Waals surface area contributed by atoms with Gasteiger partial charge in [-0.1, -0.05) is 12.1 Å². The van der Waals surface area contributed by atoms with Crippen molar-refractivity contribution in [3.63, 3.8) is 0 Å². The monoisotopic (exact) mass is 271 g/mol. The average Bonchev–Trinajstić information content (AvgIpc) is 3.21. The fraction of sp³-hybridized carbons (Fsp3) is 0.562. The van der Waals surface area contributed by atoms with Crippen molar-refractivity contribution in [2.75, 3.05) is 42.5 Å². The van der Waals surface area contributed by atoms with Gasteiger partial charge in [0, 0.05) is 32.7 Å². The van der Waals surface area contributed by atoms with E-state index in [0.29, 0.717) is 5.91 Å². The van der Waals surface area contributed by atoms with Crippen molar-refractivity contribution in [2.45, 2.75) is 12.8 Å². The molecule has 2 fully saturated rings. The van der Waals surface area contributed by atoms with E-state index in [1.54, 1.807) is 0 Å². The van der Waals surface area contributed by atoms with Crippen molar-refractivity contribution in [3.05, 3.63) is 24.3 Å². The summed E-state index contributed by atoms with van der Waals surface area (Å²) >= 11 is 0. The lowest BCUT2D eigenvalue weighted by Gasteiger charge is -2.40. The van der Waals surface area contributed by atoms with E-state index < -0.39 is 0 Å². The maximum absolute atomic E-state index is 12.6. The van der Waals surface area contributed by atoms with Crippen LogP contribution in [0.1, 0.15) is 12.8 Å². The Hall–Kier alpha value is -1.55. The van der Waals surface area contributed by atoms with E-state index in [1.165, 1.54) is 18.5 Å². The van der Waals surface area contributed by atoms with Crippen molar-refractivity contribution < 1.29 is 4.79 Å². The van der Waals surface area contributed by atoms with Gasteiger partial charge in [-0.05, 0) is 30.9 Å². The van der Waals surface area contributed by atoms with Gasteiger partial charge in [-0.2, -0.15) is 0 Å². The van der Waals surface area contributed by atoms with Gasteiger partial charge >= 0.3 is 0 Å². The summed E-state index contributed by atoms with van der Waals surface area (Å²) < 4.78 is 0. The SMILES string of the molecule is O=C(C1CNC1)N1CCN(CC2CC2)c2ccccc21. The van der Waals surface area contributed by atoms with E-state index in [2.05, 4.69) is 28.4 Å². The number of anilines is 2. The van der Waals surface area contributed by atoms with E-state index >= 15 is 0 Å². The van der Waals surface area contributed by atoms with Gasteiger partial charge in [0.25, 0.3) is 0 Å². The Balaban J connectivity index is 1.60. The Morgan fingerprint density at radius 1 is 1.15 bits per heavy atom. The highest BCUT2D eigenvalue weighted by atomic mass is 16.2. The molecule has 1 N–H and O–H groups in total. The zero-order valence-corrected chi connectivity index (χ0v) is 11.7. The Bertz CT molecular complexity index is 522. The van der Waals surface area contributed by atoms with Crippen molar-refractivity contribution in [1.82, 2.24) is 5.32 Å². The van der Waals surface area contributed by atoms with E-state index in [-0.39, 0.29) is 5.92 Å². The molecule has 20 heavy (non-hydrogen) atoms. The lowest BCUT2D eigenvalue weighted by Crippen LogP contribution is -2.55. The van der Waals surface area contributed by atoms with Crippen molar-refractivity contribution in [3.8, 4) is 0 Å². The van der Waals surface area contributed by atoms with Gasteiger partial charge in [0.2, 0.25) is 5.91 Å². The van der Waals surface area contributed by atoms with Crippen molar-refractivity contribution in [2.24, 2.45) is 11.8 Å². The van der Waals surface area contributed by atoms with Crippen LogP contribution in [0.5, 0.6) is 0 Å². The minimum Gasteiger partial charge on any atom is -0.368 e. The molecule has 0 radical (unpaired) electrons. The molecule has 0 aromatic heterocycles. The second-order valence-corrected chi connectivity index (χ2v) is 6.22. The quantitative estimate of drug-likeness (QED) is 0.904. The van der Waals surface area contributed by atoms with Crippen LogP contribution < -0.4 is 15.1 Å². The highest BCUT2D eigenvalue weighted by molar-refractivity contribution is 5.99. The Morgan fingerprint density at radius 3 is 2.55 bits per heavy atom. The third-order valence-electron chi connectivity index (χ3n) is 4.68. The lowest BCUT2D eigenvalue weighted by atomic mass is 10.0. The molecule has 1 aromatic rings. The standard InChI is InChI=1S/C16H21N3O/c20-16(13-9-17-10-13)19-8-7-18(11-12-5-6-12)14-3-1-2-4-15(14)19/h1-4,12-13,17H,5-11H2. The predicted octanol–water partition coefficient (Wildman–Crippen LogP) is 1.47. The van der Waals surface area contributed by atoms with Gasteiger partial charge in [-0.25, -0.2) is 0 Å². The van der Waals surface area contributed by atoms with Gasteiger partial charge in [0.15, 0.2) is 0 Å². The molecule has 2 aliphatic heterocycles. The number of benzene rings is 1. The minimum atomic E-state index is 0.179. The molecule has 1 saturated heterocycles. The average molecular weight is 271 g/mol. The number of nitrogens with one attached hydrogen (secondary N) is 1. The molecular weight excluding hydrogens is 250 g/mol. The Morgan fingerprint density at radius 2 is 1.90 bits per heavy atom. The summed E-state index contributed by atoms with van der Waals surface area (Å²) in [6, 6.07) is 8.38. The molecule has 0 unspecified atom stereocenters. The number of fused-ring (bicyclic) bond motifs is 1. The zero-order chi connectivity index (χ0) is 13.5. The summed E-state index contributed by atoms with van der Waals surface area (Å²) in [5, 5.41) is 3.19. The summed E-state index contributed by atoms with van der Waals surface area (Å²) in [6.45, 7) is 4.63. The van der Waals surface area contributed by atoms with Crippen molar-refractivity contribution in [1.29, 1.82) is 0 Å². The maximum atomic E-state index is 12.6. The number of hydrogen-bond donors (Lipinski definition) is 1. The number of hydrogen-bond acceptors (Lipinski definition) is 3. The molecule has 4 heteroatoms. The molecular formula is C16H21N3O. The molecule has 0 atom stereocenters. The molecule has 106 valence electrons. The fourth-order valence-electron chi connectivity index (χ4n) is 3.14. The summed E-state index contributed by atoms with van der Waals surface area (Å²) in [7, 11) is 0. The van der Waals surface area contributed by atoms with Gasteiger partial charge in [0.05, 0.1) is 17.3 Å². The van der Waals surface area contributed by atoms with Crippen LogP contribution in [-0.4, -0.2) is 38.6 Å². The molecule has 1 aliphatic carbocycles. The number of nitrogens with zero attached hydrogens (tertiary/aromatic N) is 2. The van der Waals surface area contributed by atoms with Crippen LogP contribution in [0.3, 0.4) is 0 Å². The van der Waals surface area contributed by atoms with Gasteiger partial charge in [-0.3, -0.25) is 4.79 Å². The van der Waals surface area contributed by atoms with Crippen LogP contribution in [0.2, 0.25) is 0 Å². The van der Waals surface area contributed by atoms with E-state index in [1.807, 2.05) is 11.0 Å². The van der Waals surface area contributed by atoms with Gasteiger partial charge in [0.1, 0.15) is 0 Å². The lowest BCUT2D eigenvalue weighted by molar-refractivity contribution is -0.123. The summed E-state index contributed by atoms with van der Waals surface area (Å²) in [5.74, 6) is 1.35. The third kappa shape index (κ3) is 2.08. The topological polar surface area (TPSA) is 35.6 Å². The molecule has 3 aliphatic rings. The largest absolute Gasteiger partial charge is 0.368 e. The van der Waals surface area contributed by atoms with Gasteiger partial charge in [-0.15, -0.1) is 0 Å². The number of amides is 1. The number of para-hydroxylation sites is 2. The minimum absolute atomic E-state index is 0.179. The zero-order valence-electron chi connectivity index (χ0n) is 11.7. The molecule has 2 heterocycles. The molecule has 0 bridgehead atoms. The highest BCUT2D eigenvalue weighted by Crippen LogP contribution is 2.37. The molecule has 1 aromatic carbocycles. The Kier molecular flexibility index (Phi) is 2.91. The van der Waals surface area contributed by atoms with E-state index in [0.717, 1.165) is 44.3 Å². The Labute approximate surface area is 119 Å². The second-order valence-electron chi connectivity index (χ2n) is 6.22. The van der Waals surface area contributed by atoms with Crippen LogP contribution in [0.25, 0.3) is 0 Å². The first-order valence-corrected chi connectivity index (χ1v) is 7.69. The van der Waals surface area contributed by atoms with Gasteiger partial charge < -0.3 is 15.1 Å². The second kappa shape index (κ2) is 4.77. The summed E-state index contributed by atoms with van der Waals surface area (Å²) in [5.41, 5.74) is 2.35. The van der Waals surface area contributed by atoms with Crippen LogP contribution in [0.4, 0.5) is 11.4 Å². The molecule has 4 nitrogen and oxygen atoms in total. The summed E-state index contributed by atoms with van der Waals surface area (Å²) in [6.07, 6.45) is 2.74.